The van der Waals surface area contributed by atoms with Gasteiger partial charge >= 0.3 is 5.97 Å². The fourth-order valence-electron chi connectivity index (χ4n) is 2.73. The predicted octanol–water partition coefficient (Wildman–Crippen LogP) is 6.15. The highest BCUT2D eigenvalue weighted by Crippen LogP contribution is 2.30. The van der Waals surface area contributed by atoms with Gasteiger partial charge < -0.3 is 10.1 Å². The van der Waals surface area contributed by atoms with E-state index in [0.29, 0.717) is 11.3 Å². The zero-order chi connectivity index (χ0) is 22.0. The second-order valence-corrected chi connectivity index (χ2v) is 10.3. The summed E-state index contributed by atoms with van der Waals surface area (Å²) in [4.78, 5) is 24.9. The second kappa shape index (κ2) is 8.70. The van der Waals surface area contributed by atoms with Gasteiger partial charge in [-0.25, -0.2) is 4.79 Å². The number of nitrogens with one attached hydrogen (secondary N) is 1. The number of esters is 1. The average Bonchev–Trinajstić information content (AvgIpc) is 2.60. The van der Waals surface area contributed by atoms with E-state index in [4.69, 9.17) is 4.74 Å². The maximum absolute atomic E-state index is 12.7. The minimum atomic E-state index is -0.500. The van der Waals surface area contributed by atoms with Crippen molar-refractivity contribution in [2.45, 2.75) is 59.3 Å². The molecular formula is C24H30BrNO3. The number of halogens is 1. The molecule has 0 saturated heterocycles. The van der Waals surface area contributed by atoms with E-state index in [1.54, 1.807) is 0 Å². The third-order valence-electron chi connectivity index (χ3n) is 4.63. The molecule has 4 nitrogen and oxygen atoms in total. The molecule has 0 saturated carbocycles. The van der Waals surface area contributed by atoms with Gasteiger partial charge in [0.1, 0.15) is 0 Å². The molecule has 0 fully saturated rings. The van der Waals surface area contributed by atoms with E-state index in [0.717, 1.165) is 21.2 Å². The Hall–Kier alpha value is -2.14. The summed E-state index contributed by atoms with van der Waals surface area (Å²) in [6.07, 6.45) is 0. The van der Waals surface area contributed by atoms with Gasteiger partial charge in [0.25, 0.3) is 5.91 Å². The lowest BCUT2D eigenvalue weighted by molar-refractivity contribution is -0.119. The van der Waals surface area contributed by atoms with Crippen LogP contribution in [0.5, 0.6) is 0 Å². The molecule has 1 amide bonds. The Labute approximate surface area is 182 Å². The first-order chi connectivity index (χ1) is 13.3. The molecule has 0 spiro atoms. The summed E-state index contributed by atoms with van der Waals surface area (Å²) in [5.74, 6) is -0.884. The first-order valence-electron chi connectivity index (χ1n) is 9.66. The lowest BCUT2D eigenvalue weighted by atomic mass is 9.79. The van der Waals surface area contributed by atoms with Gasteiger partial charge in [-0.2, -0.15) is 0 Å². The van der Waals surface area contributed by atoms with Crippen molar-refractivity contribution in [1.82, 2.24) is 0 Å². The van der Waals surface area contributed by atoms with Gasteiger partial charge in [0.2, 0.25) is 0 Å². The summed E-state index contributed by atoms with van der Waals surface area (Å²) in [6.45, 7) is 14.3. The molecule has 0 aromatic heterocycles. The van der Waals surface area contributed by atoms with Crippen LogP contribution in [0.1, 0.15) is 68.6 Å². The molecule has 0 atom stereocenters. The molecule has 2 rings (SSSR count). The topological polar surface area (TPSA) is 55.4 Å². The van der Waals surface area contributed by atoms with E-state index in [1.807, 2.05) is 37.3 Å². The third kappa shape index (κ3) is 6.43. The minimum Gasteiger partial charge on any atom is -0.452 e. The number of ether oxygens (including phenoxy) is 1. The summed E-state index contributed by atoms with van der Waals surface area (Å²) in [7, 11) is 0. The van der Waals surface area contributed by atoms with E-state index < -0.39 is 5.97 Å². The second-order valence-electron chi connectivity index (χ2n) is 9.41. The first-order valence-corrected chi connectivity index (χ1v) is 10.5. The Morgan fingerprint density at radius 2 is 1.48 bits per heavy atom. The maximum atomic E-state index is 12.7. The molecule has 0 aliphatic carbocycles. The van der Waals surface area contributed by atoms with Crippen LogP contribution in [0.4, 0.5) is 5.69 Å². The van der Waals surface area contributed by atoms with Crippen LogP contribution in [-0.4, -0.2) is 18.5 Å². The standard InChI is InChI=1S/C24H30BrNO3/c1-15-8-9-20(19(25)10-15)26-21(27)14-29-22(28)16-11-17(23(2,3)4)13-18(12-16)24(5,6)7/h8-13H,14H2,1-7H3,(H,26,27). The number of carbonyl (C=O) groups is 2. The smallest absolute Gasteiger partial charge is 0.338 e. The molecule has 0 heterocycles. The SMILES string of the molecule is Cc1ccc(NC(=O)COC(=O)c2cc(C(C)(C)C)cc(C(C)(C)C)c2)c(Br)c1. The number of hydrogen-bond donors (Lipinski definition) is 1. The molecule has 0 radical (unpaired) electrons. The van der Waals surface area contributed by atoms with E-state index >= 15 is 0 Å². The van der Waals surface area contributed by atoms with E-state index in [-0.39, 0.29) is 23.3 Å². The summed E-state index contributed by atoms with van der Waals surface area (Å²) in [5.41, 5.74) is 4.09. The number of hydrogen-bond acceptors (Lipinski definition) is 3. The highest BCUT2D eigenvalue weighted by Gasteiger charge is 2.23. The molecule has 0 bridgehead atoms. The number of carbonyl (C=O) groups excluding carboxylic acids is 2. The first kappa shape index (κ1) is 23.1. The van der Waals surface area contributed by atoms with Crippen LogP contribution in [0.25, 0.3) is 0 Å². The molecule has 1 N–H and O–H groups in total. The zero-order valence-corrected chi connectivity index (χ0v) is 19.9. The Kier molecular flexibility index (Phi) is 6.94. The number of rotatable bonds is 4. The van der Waals surface area contributed by atoms with Crippen LogP contribution < -0.4 is 5.32 Å². The van der Waals surface area contributed by atoms with Gasteiger partial charge in [0.15, 0.2) is 6.61 Å². The summed E-state index contributed by atoms with van der Waals surface area (Å²) < 4.78 is 6.08. The van der Waals surface area contributed by atoms with Crippen molar-refractivity contribution in [2.24, 2.45) is 0 Å². The Morgan fingerprint density at radius 1 is 0.931 bits per heavy atom. The van der Waals surface area contributed by atoms with Crippen LogP contribution in [0.15, 0.2) is 40.9 Å². The largest absolute Gasteiger partial charge is 0.452 e. The minimum absolute atomic E-state index is 0.106. The van der Waals surface area contributed by atoms with Crippen molar-refractivity contribution >= 4 is 33.5 Å². The van der Waals surface area contributed by atoms with Crippen molar-refractivity contribution in [2.75, 3.05) is 11.9 Å². The molecular weight excluding hydrogens is 430 g/mol. The van der Waals surface area contributed by atoms with Crippen LogP contribution in [-0.2, 0) is 20.4 Å². The lowest BCUT2D eigenvalue weighted by Gasteiger charge is -2.25. The lowest BCUT2D eigenvalue weighted by Crippen LogP contribution is -2.22. The van der Waals surface area contributed by atoms with Crippen LogP contribution in [0.3, 0.4) is 0 Å². The molecule has 0 aliphatic heterocycles. The highest BCUT2D eigenvalue weighted by atomic mass is 79.9. The number of aryl methyl sites for hydroxylation is 1. The summed E-state index contributed by atoms with van der Waals surface area (Å²) in [5, 5.41) is 2.75. The summed E-state index contributed by atoms with van der Waals surface area (Å²) in [6, 6.07) is 11.5. The van der Waals surface area contributed by atoms with Crippen molar-refractivity contribution in [3.63, 3.8) is 0 Å². The van der Waals surface area contributed by atoms with Crippen molar-refractivity contribution in [1.29, 1.82) is 0 Å². The maximum Gasteiger partial charge on any atom is 0.338 e. The Balaban J connectivity index is 2.14. The van der Waals surface area contributed by atoms with Crippen LogP contribution in [0, 0.1) is 6.92 Å². The van der Waals surface area contributed by atoms with E-state index in [2.05, 4.69) is 68.9 Å². The Morgan fingerprint density at radius 3 is 1.97 bits per heavy atom. The van der Waals surface area contributed by atoms with Gasteiger partial charge in [-0.05, 0) is 74.6 Å². The predicted molar refractivity (Wildman–Crippen MR) is 122 cm³/mol. The third-order valence-corrected chi connectivity index (χ3v) is 5.29. The van der Waals surface area contributed by atoms with Crippen LogP contribution >= 0.6 is 15.9 Å². The normalized spacial score (nSPS) is 11.9. The molecule has 2 aromatic rings. The number of benzene rings is 2. The van der Waals surface area contributed by atoms with Crippen molar-refractivity contribution in [3.05, 3.63) is 63.1 Å². The Bertz CT molecular complexity index is 888. The van der Waals surface area contributed by atoms with Gasteiger partial charge in [-0.15, -0.1) is 0 Å². The van der Waals surface area contributed by atoms with E-state index in [1.165, 1.54) is 0 Å². The monoisotopic (exact) mass is 459 g/mol. The van der Waals surface area contributed by atoms with Crippen molar-refractivity contribution < 1.29 is 14.3 Å². The fourth-order valence-corrected chi connectivity index (χ4v) is 3.33. The molecule has 29 heavy (non-hydrogen) atoms. The van der Waals surface area contributed by atoms with Crippen molar-refractivity contribution in [3.8, 4) is 0 Å². The molecule has 156 valence electrons. The van der Waals surface area contributed by atoms with Gasteiger partial charge in [0.05, 0.1) is 11.3 Å². The van der Waals surface area contributed by atoms with Gasteiger partial charge in [0, 0.05) is 4.47 Å². The fraction of sp³-hybridized carbons (Fsp3) is 0.417. The zero-order valence-electron chi connectivity index (χ0n) is 18.3. The molecule has 5 heteroatoms. The van der Waals surface area contributed by atoms with E-state index in [9.17, 15) is 9.59 Å². The highest BCUT2D eigenvalue weighted by molar-refractivity contribution is 9.10. The number of amides is 1. The van der Waals surface area contributed by atoms with Gasteiger partial charge in [-0.1, -0.05) is 53.7 Å². The number of anilines is 1. The van der Waals surface area contributed by atoms with Crippen LogP contribution in [0.2, 0.25) is 0 Å². The van der Waals surface area contributed by atoms with Gasteiger partial charge in [-0.3, -0.25) is 4.79 Å². The molecule has 0 aliphatic rings. The summed E-state index contributed by atoms with van der Waals surface area (Å²) >= 11 is 3.42. The molecule has 0 unspecified atom stereocenters. The quantitative estimate of drug-likeness (QED) is 0.557. The molecule has 2 aromatic carbocycles. The average molecular weight is 460 g/mol.